The van der Waals surface area contributed by atoms with E-state index in [1.165, 1.54) is 0 Å². The highest BCUT2D eigenvalue weighted by Gasteiger charge is 2.64. The summed E-state index contributed by atoms with van der Waals surface area (Å²) >= 11 is 0. The average Bonchev–Trinajstić information content (AvgIpc) is 2.81. The third kappa shape index (κ3) is 3.85. The standard InChI is InChI=1S/C28H36N2O8/c1-12-13-7-8-14(27(2,3)9-6-10-30(4)5)21(32)18(13)23(34)20-17(12)22(33)15-11-16(31)19(26(29)37)24(35)28(15,38)25(20)36/h7-8,12,15,17,22,32-35,38H,6,9-11H2,1-5H3,(H2,29,37)/t12-,15+,17+,22+,28+/m0/s1. The van der Waals surface area contributed by atoms with Crippen molar-refractivity contribution in [3.8, 4) is 5.75 Å². The Kier molecular flexibility index (Phi) is 6.75. The SMILES string of the molecule is C[C@H]1c2ccc(C(C)(C)CCCN(C)C)c(O)c2C(O)=C2C(=O)[C@]3(O)C(O)=C(C(N)=O)C(=O)C[C@@H]3[C@@H](O)[C@@H]21. The molecule has 0 spiro atoms. The van der Waals surface area contributed by atoms with Crippen LogP contribution in [0.3, 0.4) is 0 Å². The van der Waals surface area contributed by atoms with Crippen LogP contribution in [0.15, 0.2) is 29.0 Å². The van der Waals surface area contributed by atoms with E-state index < -0.39 is 75.9 Å². The van der Waals surface area contributed by atoms with Crippen LogP contribution >= 0.6 is 0 Å². The van der Waals surface area contributed by atoms with Gasteiger partial charge in [0.2, 0.25) is 5.78 Å². The third-order valence-electron chi connectivity index (χ3n) is 8.64. The number of phenols is 1. The zero-order valence-electron chi connectivity index (χ0n) is 22.3. The number of rotatable bonds is 6. The molecule has 0 saturated heterocycles. The Morgan fingerprint density at radius 2 is 1.82 bits per heavy atom. The largest absolute Gasteiger partial charge is 0.508 e. The molecule has 5 atom stereocenters. The second kappa shape index (κ2) is 9.21. The van der Waals surface area contributed by atoms with Crippen molar-refractivity contribution in [3.05, 3.63) is 45.7 Å². The lowest BCUT2D eigenvalue weighted by Crippen LogP contribution is -2.63. The van der Waals surface area contributed by atoms with Crippen molar-refractivity contribution in [1.29, 1.82) is 0 Å². The van der Waals surface area contributed by atoms with Gasteiger partial charge in [0.05, 0.1) is 11.7 Å². The Bertz CT molecular complexity index is 1290. The molecule has 4 rings (SSSR count). The van der Waals surface area contributed by atoms with Crippen LogP contribution in [-0.4, -0.2) is 80.3 Å². The molecule has 10 nitrogen and oxygen atoms in total. The van der Waals surface area contributed by atoms with Crippen LogP contribution in [0.5, 0.6) is 5.75 Å². The summed E-state index contributed by atoms with van der Waals surface area (Å²) in [6.45, 7) is 6.51. The molecular formula is C28H36N2O8. The van der Waals surface area contributed by atoms with Gasteiger partial charge in [-0.1, -0.05) is 32.9 Å². The number of aliphatic hydroxyl groups is 4. The van der Waals surface area contributed by atoms with Crippen LogP contribution in [0.4, 0.5) is 0 Å². The molecule has 206 valence electrons. The number of Topliss-reactive ketones (excluding diaryl/α,β-unsaturated/α-hetero) is 2. The Morgan fingerprint density at radius 1 is 1.18 bits per heavy atom. The number of hydrogen-bond donors (Lipinski definition) is 6. The highest BCUT2D eigenvalue weighted by Crippen LogP contribution is 2.56. The van der Waals surface area contributed by atoms with Crippen molar-refractivity contribution in [1.82, 2.24) is 4.90 Å². The number of ketones is 2. The highest BCUT2D eigenvalue weighted by atomic mass is 16.4. The normalized spacial score (nSPS) is 29.4. The summed E-state index contributed by atoms with van der Waals surface area (Å²) in [7, 11) is 3.95. The Labute approximate surface area is 221 Å². The van der Waals surface area contributed by atoms with E-state index in [-0.39, 0.29) is 16.9 Å². The molecule has 3 aliphatic rings. The zero-order valence-corrected chi connectivity index (χ0v) is 22.3. The number of carbonyl (C=O) groups is 3. The summed E-state index contributed by atoms with van der Waals surface area (Å²) < 4.78 is 0. The first-order valence-corrected chi connectivity index (χ1v) is 12.7. The molecule has 1 amide bonds. The summed E-state index contributed by atoms with van der Waals surface area (Å²) in [4.78, 5) is 40.2. The van der Waals surface area contributed by atoms with Gasteiger partial charge in [0.15, 0.2) is 11.4 Å². The van der Waals surface area contributed by atoms with Gasteiger partial charge in [-0.05, 0) is 50.4 Å². The molecule has 7 N–H and O–H groups in total. The number of hydrogen-bond acceptors (Lipinski definition) is 9. The number of carbonyl (C=O) groups excluding carboxylic acids is 3. The average molecular weight is 529 g/mol. The van der Waals surface area contributed by atoms with Gasteiger partial charge in [-0.2, -0.15) is 0 Å². The first kappa shape index (κ1) is 27.8. The van der Waals surface area contributed by atoms with Crippen LogP contribution in [0, 0.1) is 11.8 Å². The van der Waals surface area contributed by atoms with Gasteiger partial charge in [-0.25, -0.2) is 0 Å². The van der Waals surface area contributed by atoms with Gasteiger partial charge in [0.1, 0.15) is 22.8 Å². The van der Waals surface area contributed by atoms with Gasteiger partial charge in [-0.15, -0.1) is 0 Å². The minimum Gasteiger partial charge on any atom is -0.508 e. The molecule has 0 bridgehead atoms. The van der Waals surface area contributed by atoms with E-state index in [0.29, 0.717) is 11.1 Å². The summed E-state index contributed by atoms with van der Waals surface area (Å²) in [5, 5.41) is 56.3. The van der Waals surface area contributed by atoms with E-state index in [1.54, 1.807) is 19.1 Å². The topological polar surface area (TPSA) is 182 Å². The monoisotopic (exact) mass is 528 g/mol. The second-order valence-electron chi connectivity index (χ2n) is 11.7. The van der Waals surface area contributed by atoms with E-state index in [0.717, 1.165) is 19.4 Å². The van der Waals surface area contributed by atoms with Crippen LogP contribution in [0.2, 0.25) is 0 Å². The van der Waals surface area contributed by atoms with Crippen molar-refractivity contribution < 1.29 is 39.9 Å². The van der Waals surface area contributed by atoms with Gasteiger partial charge in [0.25, 0.3) is 5.91 Å². The van der Waals surface area contributed by atoms with Gasteiger partial charge >= 0.3 is 0 Å². The maximum absolute atomic E-state index is 13.8. The van der Waals surface area contributed by atoms with E-state index in [1.807, 2.05) is 27.9 Å². The molecule has 3 aliphatic carbocycles. The number of aromatic hydroxyl groups is 1. The van der Waals surface area contributed by atoms with Gasteiger partial charge in [-0.3, -0.25) is 14.4 Å². The number of aliphatic hydroxyl groups excluding tert-OH is 3. The zero-order chi connectivity index (χ0) is 28.5. The lowest BCUT2D eigenvalue weighted by Gasteiger charge is -2.50. The Balaban J connectivity index is 1.89. The molecule has 1 aromatic rings. The van der Waals surface area contributed by atoms with Gasteiger partial charge in [0, 0.05) is 29.4 Å². The highest BCUT2D eigenvalue weighted by molar-refractivity contribution is 6.23. The quantitative estimate of drug-likeness (QED) is 0.299. The van der Waals surface area contributed by atoms with Crippen LogP contribution < -0.4 is 5.73 Å². The maximum atomic E-state index is 13.8. The second-order valence-corrected chi connectivity index (χ2v) is 11.7. The summed E-state index contributed by atoms with van der Waals surface area (Å²) in [6.07, 6.45) is -0.549. The summed E-state index contributed by atoms with van der Waals surface area (Å²) in [5.74, 6) is -8.50. The molecule has 0 heterocycles. The van der Waals surface area contributed by atoms with Gasteiger partial charge < -0.3 is 36.2 Å². The molecule has 1 saturated carbocycles. The smallest absolute Gasteiger partial charge is 0.255 e. The van der Waals surface area contributed by atoms with Crippen molar-refractivity contribution in [2.24, 2.45) is 17.6 Å². The van der Waals surface area contributed by atoms with Crippen LogP contribution in [0.1, 0.15) is 62.6 Å². The molecule has 0 aliphatic heterocycles. The number of nitrogens with zero attached hydrogens (tertiary/aromatic N) is 1. The van der Waals surface area contributed by atoms with Crippen LogP contribution in [0.25, 0.3) is 5.76 Å². The van der Waals surface area contributed by atoms with Crippen molar-refractivity contribution in [2.45, 2.75) is 63.1 Å². The van der Waals surface area contributed by atoms with Crippen molar-refractivity contribution >= 4 is 23.2 Å². The first-order chi connectivity index (χ1) is 17.6. The van der Waals surface area contributed by atoms with E-state index >= 15 is 0 Å². The molecule has 38 heavy (non-hydrogen) atoms. The predicted molar refractivity (Wildman–Crippen MR) is 138 cm³/mol. The van der Waals surface area contributed by atoms with Crippen molar-refractivity contribution in [3.63, 3.8) is 0 Å². The fraction of sp³-hybridized carbons (Fsp3) is 0.536. The molecule has 10 heteroatoms. The summed E-state index contributed by atoms with van der Waals surface area (Å²) in [5.41, 5.74) is 1.70. The fourth-order valence-corrected chi connectivity index (χ4v) is 6.52. The van der Waals surface area contributed by atoms with E-state index in [4.69, 9.17) is 5.73 Å². The van der Waals surface area contributed by atoms with Crippen molar-refractivity contribution in [2.75, 3.05) is 20.6 Å². The number of fused-ring (bicyclic) bond motifs is 3. The lowest BCUT2D eigenvalue weighted by molar-refractivity contribution is -0.160. The fourth-order valence-electron chi connectivity index (χ4n) is 6.52. The number of primary amides is 1. The van der Waals surface area contributed by atoms with Crippen LogP contribution in [-0.2, 0) is 19.8 Å². The predicted octanol–water partition coefficient (Wildman–Crippen LogP) is 1.58. The summed E-state index contributed by atoms with van der Waals surface area (Å²) in [6, 6.07) is 3.53. The lowest BCUT2D eigenvalue weighted by atomic mass is 9.55. The first-order valence-electron chi connectivity index (χ1n) is 12.7. The Morgan fingerprint density at radius 3 is 2.39 bits per heavy atom. The molecular weight excluding hydrogens is 492 g/mol. The number of benzene rings is 1. The molecule has 0 radical (unpaired) electrons. The molecule has 1 aromatic carbocycles. The number of phenolic OH excluding ortho intramolecular Hbond substituents is 1. The number of amides is 1. The minimum atomic E-state index is -2.84. The third-order valence-corrected chi connectivity index (χ3v) is 8.64. The molecule has 0 aromatic heterocycles. The molecule has 0 unspecified atom stereocenters. The maximum Gasteiger partial charge on any atom is 0.255 e. The molecule has 1 fully saturated rings. The van der Waals surface area contributed by atoms with E-state index in [9.17, 15) is 39.9 Å². The number of nitrogens with two attached hydrogens (primary N) is 1. The Hall–Kier alpha value is -3.21. The minimum absolute atomic E-state index is 0.0232. The van der Waals surface area contributed by atoms with E-state index in [2.05, 4.69) is 4.90 Å².